The highest BCUT2D eigenvalue weighted by Gasteiger charge is 2.21. The number of rotatable bonds is 2. The molecule has 2 aromatic rings. The van der Waals surface area contributed by atoms with Crippen molar-refractivity contribution in [2.45, 2.75) is 25.3 Å². The molecule has 2 aromatic heterocycles. The van der Waals surface area contributed by atoms with Crippen molar-refractivity contribution in [1.29, 1.82) is 0 Å². The van der Waals surface area contributed by atoms with Crippen molar-refractivity contribution in [3.05, 3.63) is 36.0 Å². The van der Waals surface area contributed by atoms with Crippen LogP contribution in [0.25, 0.3) is 11.5 Å². The van der Waals surface area contributed by atoms with Gasteiger partial charge in [-0.2, -0.15) is 0 Å². The van der Waals surface area contributed by atoms with E-state index in [9.17, 15) is 0 Å². The van der Waals surface area contributed by atoms with Crippen molar-refractivity contribution >= 4 is 0 Å². The first-order valence-electron chi connectivity index (χ1n) is 6.18. The summed E-state index contributed by atoms with van der Waals surface area (Å²) in [6.45, 7) is 0. The highest BCUT2D eigenvalue weighted by molar-refractivity contribution is 5.47. The molecule has 0 fully saturated rings. The topological polar surface area (TPSA) is 63.6 Å². The molecule has 1 aliphatic carbocycles. The van der Waals surface area contributed by atoms with Crippen LogP contribution in [0.3, 0.4) is 0 Å². The molecule has 18 heavy (non-hydrogen) atoms. The van der Waals surface area contributed by atoms with Gasteiger partial charge in [-0.3, -0.25) is 4.98 Å². The van der Waals surface area contributed by atoms with Crippen molar-refractivity contribution < 1.29 is 0 Å². The molecule has 5 nitrogen and oxygen atoms in total. The lowest BCUT2D eigenvalue weighted by Crippen LogP contribution is -2.22. The van der Waals surface area contributed by atoms with E-state index in [1.807, 2.05) is 13.2 Å². The number of nitrogens with one attached hydrogen (secondary N) is 1. The van der Waals surface area contributed by atoms with Crippen LogP contribution >= 0.6 is 0 Å². The molecule has 92 valence electrons. The van der Waals surface area contributed by atoms with E-state index in [1.165, 1.54) is 5.56 Å². The van der Waals surface area contributed by atoms with Crippen molar-refractivity contribution in [3.8, 4) is 11.5 Å². The maximum absolute atomic E-state index is 4.63. The summed E-state index contributed by atoms with van der Waals surface area (Å²) in [5.74, 6) is 0.665. The minimum absolute atomic E-state index is 0.379. The molecule has 0 spiro atoms. The number of fused-ring (bicyclic) bond motifs is 1. The van der Waals surface area contributed by atoms with Gasteiger partial charge in [0.2, 0.25) is 0 Å². The number of hydrogen-bond acceptors (Lipinski definition) is 5. The van der Waals surface area contributed by atoms with Crippen LogP contribution in [0.2, 0.25) is 0 Å². The van der Waals surface area contributed by atoms with Gasteiger partial charge in [0.15, 0.2) is 5.82 Å². The maximum atomic E-state index is 4.63. The van der Waals surface area contributed by atoms with Gasteiger partial charge in [0, 0.05) is 35.9 Å². The normalized spacial score (nSPS) is 18.4. The highest BCUT2D eigenvalue weighted by atomic mass is 15.0. The van der Waals surface area contributed by atoms with Crippen LogP contribution in [0.4, 0.5) is 0 Å². The first-order valence-corrected chi connectivity index (χ1v) is 6.18. The molecule has 0 radical (unpaired) electrons. The molecule has 1 atom stereocenters. The molecular formula is C13H15N5. The van der Waals surface area contributed by atoms with Crippen molar-refractivity contribution in [2.75, 3.05) is 7.05 Å². The minimum Gasteiger partial charge on any atom is -0.313 e. The van der Waals surface area contributed by atoms with E-state index in [1.54, 1.807) is 18.6 Å². The molecule has 2 heterocycles. The molecule has 1 aliphatic rings. The third-order valence-corrected chi connectivity index (χ3v) is 3.32. The summed E-state index contributed by atoms with van der Waals surface area (Å²) in [5, 5.41) is 3.31. The largest absolute Gasteiger partial charge is 0.313 e. The quantitative estimate of drug-likeness (QED) is 0.863. The Balaban J connectivity index is 2.01. The lowest BCUT2D eigenvalue weighted by molar-refractivity contribution is 0.487. The van der Waals surface area contributed by atoms with E-state index in [0.717, 1.165) is 30.7 Å². The molecule has 1 unspecified atom stereocenters. The van der Waals surface area contributed by atoms with Crippen molar-refractivity contribution in [3.63, 3.8) is 0 Å². The minimum atomic E-state index is 0.379. The fraction of sp³-hybridized carbons (Fsp3) is 0.385. The van der Waals surface area contributed by atoms with Gasteiger partial charge in [-0.05, 0) is 26.3 Å². The van der Waals surface area contributed by atoms with Crippen LogP contribution < -0.4 is 5.32 Å². The second-order valence-corrected chi connectivity index (χ2v) is 4.42. The van der Waals surface area contributed by atoms with E-state index in [2.05, 4.69) is 25.3 Å². The Morgan fingerprint density at radius 2 is 2.17 bits per heavy atom. The van der Waals surface area contributed by atoms with Gasteiger partial charge < -0.3 is 5.32 Å². The van der Waals surface area contributed by atoms with Gasteiger partial charge >= 0.3 is 0 Å². The van der Waals surface area contributed by atoms with Crippen LogP contribution in [-0.4, -0.2) is 27.0 Å². The summed E-state index contributed by atoms with van der Waals surface area (Å²) in [4.78, 5) is 17.3. The molecule has 5 heteroatoms. The van der Waals surface area contributed by atoms with Crippen molar-refractivity contribution in [2.24, 2.45) is 0 Å². The lowest BCUT2D eigenvalue weighted by Gasteiger charge is -2.23. The molecule has 0 saturated carbocycles. The predicted octanol–water partition coefficient (Wildman–Crippen LogP) is 1.53. The summed E-state index contributed by atoms with van der Waals surface area (Å²) in [7, 11) is 1.98. The summed E-state index contributed by atoms with van der Waals surface area (Å²) in [6.07, 6.45) is 10.3. The van der Waals surface area contributed by atoms with Crippen LogP contribution in [0, 0.1) is 0 Å². The van der Waals surface area contributed by atoms with Gasteiger partial charge in [0.1, 0.15) is 5.69 Å². The Morgan fingerprint density at radius 3 is 2.94 bits per heavy atom. The van der Waals surface area contributed by atoms with Crippen LogP contribution in [-0.2, 0) is 6.42 Å². The predicted molar refractivity (Wildman–Crippen MR) is 67.8 cm³/mol. The average molecular weight is 241 g/mol. The van der Waals surface area contributed by atoms with Gasteiger partial charge in [-0.25, -0.2) is 15.0 Å². The Hall–Kier alpha value is -1.88. The molecular weight excluding hydrogens is 226 g/mol. The zero-order valence-corrected chi connectivity index (χ0v) is 10.3. The summed E-state index contributed by atoms with van der Waals surface area (Å²) < 4.78 is 0. The zero-order chi connectivity index (χ0) is 12.4. The molecule has 0 bridgehead atoms. The fourth-order valence-electron chi connectivity index (χ4n) is 2.38. The number of nitrogens with zero attached hydrogens (tertiary/aromatic N) is 4. The maximum Gasteiger partial charge on any atom is 0.179 e. The summed E-state index contributed by atoms with van der Waals surface area (Å²) in [5.41, 5.74) is 3.08. The third-order valence-electron chi connectivity index (χ3n) is 3.32. The van der Waals surface area contributed by atoms with Gasteiger partial charge in [-0.15, -0.1) is 0 Å². The second-order valence-electron chi connectivity index (χ2n) is 4.42. The van der Waals surface area contributed by atoms with Gasteiger partial charge in [0.25, 0.3) is 0 Å². The molecule has 1 N–H and O–H groups in total. The zero-order valence-electron chi connectivity index (χ0n) is 10.3. The van der Waals surface area contributed by atoms with Gasteiger partial charge in [0.05, 0.1) is 6.20 Å². The van der Waals surface area contributed by atoms with Crippen molar-refractivity contribution in [1.82, 2.24) is 25.3 Å². The Kier molecular flexibility index (Phi) is 2.98. The Bertz CT molecular complexity index is 540. The van der Waals surface area contributed by atoms with Crippen LogP contribution in [0.1, 0.15) is 30.1 Å². The van der Waals surface area contributed by atoms with E-state index in [4.69, 9.17) is 0 Å². The monoisotopic (exact) mass is 241 g/mol. The standard InChI is InChI=1S/C13H15N5/c1-14-10-3-2-4-11-9(10)7-17-13(18-11)12-8-15-5-6-16-12/h5-8,10,14H,2-4H2,1H3. The Morgan fingerprint density at radius 1 is 1.22 bits per heavy atom. The second kappa shape index (κ2) is 4.78. The number of hydrogen-bond donors (Lipinski definition) is 1. The average Bonchev–Trinajstić information content (AvgIpc) is 2.47. The van der Waals surface area contributed by atoms with Gasteiger partial charge in [-0.1, -0.05) is 0 Å². The highest BCUT2D eigenvalue weighted by Crippen LogP contribution is 2.28. The third kappa shape index (κ3) is 1.97. The lowest BCUT2D eigenvalue weighted by atomic mass is 9.92. The van der Waals surface area contributed by atoms with E-state index in [-0.39, 0.29) is 0 Å². The summed E-state index contributed by atoms with van der Waals surface area (Å²) in [6, 6.07) is 0.379. The molecule has 0 aliphatic heterocycles. The number of aryl methyl sites for hydroxylation is 1. The molecule has 3 rings (SSSR count). The SMILES string of the molecule is CNC1CCCc2nc(-c3cnccn3)ncc21. The van der Waals surface area contributed by atoms with E-state index < -0.39 is 0 Å². The molecule has 0 amide bonds. The first-order chi connectivity index (χ1) is 8.88. The first kappa shape index (κ1) is 11.2. The summed E-state index contributed by atoms with van der Waals surface area (Å²) >= 11 is 0. The fourth-order valence-corrected chi connectivity index (χ4v) is 2.38. The van der Waals surface area contributed by atoms with Crippen LogP contribution in [0.5, 0.6) is 0 Å². The van der Waals surface area contributed by atoms with E-state index >= 15 is 0 Å². The smallest absolute Gasteiger partial charge is 0.179 e. The number of aromatic nitrogens is 4. The van der Waals surface area contributed by atoms with E-state index in [0.29, 0.717) is 11.9 Å². The molecule has 0 aromatic carbocycles. The van der Waals surface area contributed by atoms with Crippen LogP contribution in [0.15, 0.2) is 24.8 Å². The molecule has 0 saturated heterocycles. The Labute approximate surface area is 106 Å².